The molecule has 1 aromatic carbocycles. The number of aromatic amines is 1. The van der Waals surface area contributed by atoms with Gasteiger partial charge in [0.1, 0.15) is 5.52 Å². The second-order valence-electron chi connectivity index (χ2n) is 2.95. The predicted molar refractivity (Wildman–Crippen MR) is 53.4 cm³/mol. The molecule has 0 spiro atoms. The largest absolute Gasteiger partial charge is 0.397 e. The lowest BCUT2D eigenvalue weighted by molar-refractivity contribution is 0.100. The maximum atomic E-state index is 10.9. The van der Waals surface area contributed by atoms with Gasteiger partial charge in [0.15, 0.2) is 5.95 Å². The number of hydrogen-bond donors (Lipinski definition) is 4. The zero-order chi connectivity index (χ0) is 10.3. The normalized spacial score (nSPS) is 10.6. The minimum atomic E-state index is -0.535. The van der Waals surface area contributed by atoms with Crippen LogP contribution in [0.5, 0.6) is 0 Å². The molecule has 14 heavy (non-hydrogen) atoms. The molecule has 0 saturated heterocycles. The van der Waals surface area contributed by atoms with Gasteiger partial charge in [0.05, 0.1) is 11.2 Å². The number of carbonyl (C=O) groups is 1. The maximum Gasteiger partial charge on any atom is 0.248 e. The first-order chi connectivity index (χ1) is 6.58. The van der Waals surface area contributed by atoms with Crippen LogP contribution in [0.3, 0.4) is 0 Å². The fraction of sp³-hybridized carbons (Fsp3) is 0. The van der Waals surface area contributed by atoms with E-state index >= 15 is 0 Å². The first kappa shape index (κ1) is 8.36. The maximum absolute atomic E-state index is 10.9. The monoisotopic (exact) mass is 191 g/mol. The fourth-order valence-electron chi connectivity index (χ4n) is 1.31. The number of fused-ring (bicyclic) bond motifs is 1. The summed E-state index contributed by atoms with van der Waals surface area (Å²) < 4.78 is 0. The highest BCUT2D eigenvalue weighted by Gasteiger charge is 2.08. The van der Waals surface area contributed by atoms with E-state index in [2.05, 4.69) is 9.97 Å². The summed E-state index contributed by atoms with van der Waals surface area (Å²) >= 11 is 0. The average molecular weight is 191 g/mol. The van der Waals surface area contributed by atoms with E-state index in [-0.39, 0.29) is 5.95 Å². The molecule has 2 aromatic rings. The summed E-state index contributed by atoms with van der Waals surface area (Å²) in [5.74, 6) is -0.278. The third-order valence-corrected chi connectivity index (χ3v) is 1.92. The molecule has 72 valence electrons. The van der Waals surface area contributed by atoms with Gasteiger partial charge in [-0.3, -0.25) is 4.79 Å². The number of nitrogens with zero attached hydrogens (tertiary/aromatic N) is 1. The smallest absolute Gasteiger partial charge is 0.248 e. The van der Waals surface area contributed by atoms with Crippen LogP contribution in [0.2, 0.25) is 0 Å². The summed E-state index contributed by atoms with van der Waals surface area (Å²) in [5.41, 5.74) is 18.1. The Morgan fingerprint density at radius 2 is 2.07 bits per heavy atom. The SMILES string of the molecule is NC(=O)c1cc(N)c2nc(N)[nH]c2c1. The van der Waals surface area contributed by atoms with Crippen LogP contribution in [-0.2, 0) is 0 Å². The number of nitrogens with two attached hydrogens (primary N) is 3. The molecule has 6 heteroatoms. The number of amides is 1. The Hall–Kier alpha value is -2.24. The van der Waals surface area contributed by atoms with Crippen molar-refractivity contribution in [2.24, 2.45) is 5.73 Å². The lowest BCUT2D eigenvalue weighted by Crippen LogP contribution is -2.11. The summed E-state index contributed by atoms with van der Waals surface area (Å²) in [6, 6.07) is 3.04. The average Bonchev–Trinajstić information content (AvgIpc) is 2.45. The molecule has 6 nitrogen and oxygen atoms in total. The highest BCUT2D eigenvalue weighted by Crippen LogP contribution is 2.21. The topological polar surface area (TPSA) is 124 Å². The van der Waals surface area contributed by atoms with Crippen LogP contribution in [0.15, 0.2) is 12.1 Å². The number of hydrogen-bond acceptors (Lipinski definition) is 4. The quantitative estimate of drug-likeness (QED) is 0.467. The van der Waals surface area contributed by atoms with Gasteiger partial charge in [0.2, 0.25) is 5.91 Å². The number of rotatable bonds is 1. The third kappa shape index (κ3) is 1.13. The van der Waals surface area contributed by atoms with Crippen LogP contribution in [0.4, 0.5) is 11.6 Å². The Morgan fingerprint density at radius 3 is 2.71 bits per heavy atom. The molecular weight excluding hydrogens is 182 g/mol. The Morgan fingerprint density at radius 1 is 1.36 bits per heavy atom. The van der Waals surface area contributed by atoms with E-state index in [9.17, 15) is 4.79 Å². The van der Waals surface area contributed by atoms with Crippen molar-refractivity contribution in [3.8, 4) is 0 Å². The lowest BCUT2D eigenvalue weighted by atomic mass is 10.1. The predicted octanol–water partition coefficient (Wildman–Crippen LogP) is -0.174. The number of nitrogens with one attached hydrogen (secondary N) is 1. The summed E-state index contributed by atoms with van der Waals surface area (Å²) in [4.78, 5) is 17.6. The van der Waals surface area contributed by atoms with Gasteiger partial charge in [0.25, 0.3) is 0 Å². The Labute approximate surface area is 79.1 Å². The van der Waals surface area contributed by atoms with Gasteiger partial charge < -0.3 is 22.2 Å². The zero-order valence-electron chi connectivity index (χ0n) is 7.24. The lowest BCUT2D eigenvalue weighted by Gasteiger charge is -1.98. The number of anilines is 2. The highest BCUT2D eigenvalue weighted by atomic mass is 16.1. The molecule has 0 atom stereocenters. The van der Waals surface area contributed by atoms with Gasteiger partial charge in [0, 0.05) is 5.56 Å². The van der Waals surface area contributed by atoms with E-state index in [1.54, 1.807) is 6.07 Å². The molecule has 0 radical (unpaired) electrons. The summed E-state index contributed by atoms with van der Waals surface area (Å²) in [6.07, 6.45) is 0. The molecule has 0 bridgehead atoms. The molecule has 1 heterocycles. The van der Waals surface area contributed by atoms with Gasteiger partial charge in [-0.05, 0) is 12.1 Å². The minimum Gasteiger partial charge on any atom is -0.397 e. The van der Waals surface area contributed by atoms with Crippen LogP contribution >= 0.6 is 0 Å². The van der Waals surface area contributed by atoms with Gasteiger partial charge >= 0.3 is 0 Å². The third-order valence-electron chi connectivity index (χ3n) is 1.92. The number of carbonyl (C=O) groups excluding carboxylic acids is 1. The fourth-order valence-corrected chi connectivity index (χ4v) is 1.31. The summed E-state index contributed by atoms with van der Waals surface area (Å²) in [7, 11) is 0. The molecule has 0 aliphatic heterocycles. The van der Waals surface area contributed by atoms with Crippen LogP contribution in [0.1, 0.15) is 10.4 Å². The van der Waals surface area contributed by atoms with E-state index in [1.807, 2.05) is 0 Å². The molecule has 0 saturated carbocycles. The van der Waals surface area contributed by atoms with E-state index in [0.717, 1.165) is 0 Å². The van der Waals surface area contributed by atoms with Gasteiger partial charge in [-0.1, -0.05) is 0 Å². The molecule has 2 rings (SSSR count). The van der Waals surface area contributed by atoms with E-state index in [0.29, 0.717) is 22.3 Å². The van der Waals surface area contributed by atoms with E-state index < -0.39 is 5.91 Å². The van der Waals surface area contributed by atoms with Crippen molar-refractivity contribution in [1.29, 1.82) is 0 Å². The molecular formula is C8H9N5O. The number of imidazole rings is 1. The Bertz CT molecular complexity index is 516. The Balaban J connectivity index is 2.77. The molecule has 7 N–H and O–H groups in total. The number of aromatic nitrogens is 2. The standard InChI is InChI=1S/C8H9N5O/c9-4-1-3(7(10)14)2-5-6(4)13-8(11)12-5/h1-2H,9H2,(H2,10,14)(H3,11,12,13). The summed E-state index contributed by atoms with van der Waals surface area (Å²) in [6.45, 7) is 0. The van der Waals surface area contributed by atoms with Crippen molar-refractivity contribution in [1.82, 2.24) is 9.97 Å². The molecule has 0 aliphatic carbocycles. The van der Waals surface area contributed by atoms with Crippen LogP contribution in [0.25, 0.3) is 11.0 Å². The van der Waals surface area contributed by atoms with Crippen LogP contribution in [0, 0.1) is 0 Å². The number of H-pyrrole nitrogens is 1. The van der Waals surface area contributed by atoms with Crippen molar-refractivity contribution in [2.45, 2.75) is 0 Å². The van der Waals surface area contributed by atoms with E-state index in [1.165, 1.54) is 6.07 Å². The molecule has 0 aliphatic rings. The Kier molecular flexibility index (Phi) is 1.57. The highest BCUT2D eigenvalue weighted by molar-refractivity contribution is 6.00. The first-order valence-electron chi connectivity index (χ1n) is 3.92. The first-order valence-corrected chi connectivity index (χ1v) is 3.92. The van der Waals surface area contributed by atoms with Gasteiger partial charge in [-0.15, -0.1) is 0 Å². The second-order valence-corrected chi connectivity index (χ2v) is 2.95. The van der Waals surface area contributed by atoms with Crippen molar-refractivity contribution < 1.29 is 4.79 Å². The van der Waals surface area contributed by atoms with Crippen molar-refractivity contribution in [3.63, 3.8) is 0 Å². The van der Waals surface area contributed by atoms with Crippen LogP contribution in [-0.4, -0.2) is 15.9 Å². The molecule has 1 aromatic heterocycles. The van der Waals surface area contributed by atoms with Crippen molar-refractivity contribution >= 4 is 28.6 Å². The van der Waals surface area contributed by atoms with E-state index in [4.69, 9.17) is 17.2 Å². The van der Waals surface area contributed by atoms with Crippen molar-refractivity contribution in [2.75, 3.05) is 11.5 Å². The molecule has 0 fully saturated rings. The van der Waals surface area contributed by atoms with Gasteiger partial charge in [-0.2, -0.15) is 0 Å². The van der Waals surface area contributed by atoms with Gasteiger partial charge in [-0.25, -0.2) is 4.98 Å². The van der Waals surface area contributed by atoms with Crippen molar-refractivity contribution in [3.05, 3.63) is 17.7 Å². The minimum absolute atomic E-state index is 0.258. The number of nitrogen functional groups attached to an aromatic ring is 2. The zero-order valence-corrected chi connectivity index (χ0v) is 7.24. The second kappa shape index (κ2) is 2.63. The number of benzene rings is 1. The molecule has 1 amide bonds. The van der Waals surface area contributed by atoms with Crippen LogP contribution < -0.4 is 17.2 Å². The summed E-state index contributed by atoms with van der Waals surface area (Å²) in [5, 5.41) is 0. The molecule has 0 unspecified atom stereocenters. The number of primary amides is 1.